The highest BCUT2D eigenvalue weighted by atomic mass is 32.1. The summed E-state index contributed by atoms with van der Waals surface area (Å²) in [5, 5.41) is 18.3. The zero-order valence-electron chi connectivity index (χ0n) is 9.48. The Morgan fingerprint density at radius 3 is 2.95 bits per heavy atom. The summed E-state index contributed by atoms with van der Waals surface area (Å²) in [5.41, 5.74) is 0. The van der Waals surface area contributed by atoms with Gasteiger partial charge in [0.05, 0.1) is 6.07 Å². The molecule has 0 radical (unpaired) electrons. The zero-order valence-corrected chi connectivity index (χ0v) is 10.3. The highest BCUT2D eigenvalue weighted by Gasteiger charge is 2.22. The van der Waals surface area contributed by atoms with E-state index in [1.165, 1.54) is 35.5 Å². The second kappa shape index (κ2) is 5.40. The second-order valence-corrected chi connectivity index (χ2v) is 3.85. The van der Waals surface area contributed by atoms with Crippen LogP contribution in [0.4, 0.5) is 5.88 Å². The van der Waals surface area contributed by atoms with Crippen molar-refractivity contribution in [3.8, 4) is 0 Å². The number of hydrogen-bond donors (Lipinski definition) is 1. The van der Waals surface area contributed by atoms with E-state index in [4.69, 9.17) is 16.6 Å². The lowest BCUT2D eigenvalue weighted by Gasteiger charge is -2.05. The van der Waals surface area contributed by atoms with E-state index in [1.807, 2.05) is 0 Å². The van der Waals surface area contributed by atoms with E-state index >= 15 is 0 Å². The first-order chi connectivity index (χ1) is 9.06. The normalized spacial score (nSPS) is 15.7. The summed E-state index contributed by atoms with van der Waals surface area (Å²) >= 11 is 4.86. The molecule has 0 atom stereocenters. The number of carbonyl (C=O) groups excluding carboxylic acids is 1. The van der Waals surface area contributed by atoms with Gasteiger partial charge >= 0.3 is 5.88 Å². The Kier molecular flexibility index (Phi) is 3.66. The summed E-state index contributed by atoms with van der Waals surface area (Å²) in [4.78, 5) is 20.7. The van der Waals surface area contributed by atoms with Gasteiger partial charge in [-0.15, -0.1) is 0 Å². The number of thiocarbonyl (C=S) groups is 1. The van der Waals surface area contributed by atoms with Crippen LogP contribution >= 0.6 is 12.2 Å². The fourth-order valence-electron chi connectivity index (χ4n) is 1.31. The Bertz CT molecular complexity index is 592. The predicted molar refractivity (Wildman–Crippen MR) is 70.3 cm³/mol. The molecule has 1 amide bonds. The van der Waals surface area contributed by atoms with Gasteiger partial charge in [0.15, 0.2) is 5.11 Å². The van der Waals surface area contributed by atoms with Crippen molar-refractivity contribution in [3.05, 3.63) is 34.1 Å². The summed E-state index contributed by atoms with van der Waals surface area (Å²) in [5.74, 6) is -0.212. The third kappa shape index (κ3) is 3.22. The van der Waals surface area contributed by atoms with E-state index in [0.29, 0.717) is 5.76 Å². The molecule has 0 aromatic carbocycles. The number of allylic oxidation sites excluding steroid dienone is 1. The van der Waals surface area contributed by atoms with Gasteiger partial charge in [0.2, 0.25) is 5.91 Å². The summed E-state index contributed by atoms with van der Waals surface area (Å²) in [6, 6.07) is 2.73. The number of carbonyl (C=O) groups is 1. The van der Waals surface area contributed by atoms with Crippen molar-refractivity contribution in [3.63, 3.8) is 0 Å². The first-order valence-corrected chi connectivity index (χ1v) is 5.53. The molecule has 1 saturated heterocycles. The number of nitrogens with one attached hydrogen (secondary N) is 1. The van der Waals surface area contributed by atoms with E-state index < -0.39 is 4.92 Å². The Morgan fingerprint density at radius 2 is 2.37 bits per heavy atom. The first-order valence-electron chi connectivity index (χ1n) is 5.12. The molecule has 1 aromatic heterocycles. The Balaban J connectivity index is 1.94. The summed E-state index contributed by atoms with van der Waals surface area (Å²) in [6.45, 7) is 0.0788. The SMILES string of the molecule is O=C1CN(/N=C/C=C/c2ccc([N+](=O)[O-])o2)C(=S)N1. The van der Waals surface area contributed by atoms with Crippen LogP contribution in [0.15, 0.2) is 27.7 Å². The molecule has 8 nitrogen and oxygen atoms in total. The van der Waals surface area contributed by atoms with Gasteiger partial charge in [0.1, 0.15) is 17.2 Å². The minimum atomic E-state index is -0.620. The van der Waals surface area contributed by atoms with Crippen LogP contribution in [0, 0.1) is 10.1 Å². The number of amides is 1. The third-order valence-electron chi connectivity index (χ3n) is 2.12. The van der Waals surface area contributed by atoms with Crippen LogP contribution in [0.3, 0.4) is 0 Å². The molecule has 19 heavy (non-hydrogen) atoms. The van der Waals surface area contributed by atoms with Crippen LogP contribution in [0.1, 0.15) is 5.76 Å². The highest BCUT2D eigenvalue weighted by Crippen LogP contribution is 2.16. The average Bonchev–Trinajstić information content (AvgIpc) is 2.92. The first kappa shape index (κ1) is 12.9. The zero-order chi connectivity index (χ0) is 13.8. The van der Waals surface area contributed by atoms with Crippen molar-refractivity contribution in [1.29, 1.82) is 0 Å². The molecule has 2 rings (SSSR count). The van der Waals surface area contributed by atoms with Crippen molar-refractivity contribution in [2.24, 2.45) is 5.10 Å². The maximum Gasteiger partial charge on any atom is 0.433 e. The molecular weight excluding hydrogens is 272 g/mol. The van der Waals surface area contributed by atoms with Crippen LogP contribution in [0.2, 0.25) is 0 Å². The molecule has 0 unspecified atom stereocenters. The van der Waals surface area contributed by atoms with Crippen LogP contribution in [-0.4, -0.2) is 33.7 Å². The van der Waals surface area contributed by atoms with Crippen LogP contribution < -0.4 is 5.32 Å². The van der Waals surface area contributed by atoms with Gasteiger partial charge in [-0.05, 0) is 30.4 Å². The molecule has 1 N–H and O–H groups in total. The maximum absolute atomic E-state index is 11.0. The molecule has 0 bridgehead atoms. The van der Waals surface area contributed by atoms with Gasteiger partial charge in [-0.1, -0.05) is 0 Å². The van der Waals surface area contributed by atoms with E-state index in [1.54, 1.807) is 0 Å². The van der Waals surface area contributed by atoms with Gasteiger partial charge in [-0.3, -0.25) is 20.2 Å². The molecule has 0 spiro atoms. The quantitative estimate of drug-likeness (QED) is 0.380. The molecule has 0 saturated carbocycles. The van der Waals surface area contributed by atoms with Crippen LogP contribution in [0.25, 0.3) is 6.08 Å². The number of rotatable bonds is 4. The number of nitro groups is 1. The molecule has 1 fully saturated rings. The number of hydrogen-bond acceptors (Lipinski definition) is 6. The fraction of sp³-hybridized carbons (Fsp3) is 0.100. The lowest BCUT2D eigenvalue weighted by atomic mass is 10.4. The summed E-state index contributed by atoms with van der Waals surface area (Å²) in [7, 11) is 0. The van der Waals surface area contributed by atoms with Gasteiger partial charge < -0.3 is 4.42 Å². The molecular formula is C10H8N4O4S. The van der Waals surface area contributed by atoms with Crippen LogP contribution in [-0.2, 0) is 4.79 Å². The topological polar surface area (TPSA) is 101 Å². The van der Waals surface area contributed by atoms with Gasteiger partial charge in [-0.2, -0.15) is 5.10 Å². The summed E-state index contributed by atoms with van der Waals surface area (Å²) in [6.07, 6.45) is 4.43. The van der Waals surface area contributed by atoms with Crippen molar-refractivity contribution in [2.45, 2.75) is 0 Å². The largest absolute Gasteiger partial charge is 0.433 e. The van der Waals surface area contributed by atoms with Gasteiger partial charge in [0, 0.05) is 6.21 Å². The average molecular weight is 280 g/mol. The van der Waals surface area contributed by atoms with E-state index in [2.05, 4.69) is 10.4 Å². The smallest absolute Gasteiger partial charge is 0.401 e. The molecule has 1 aliphatic rings. The molecule has 1 aromatic rings. The van der Waals surface area contributed by atoms with E-state index in [-0.39, 0.29) is 23.4 Å². The minimum Gasteiger partial charge on any atom is -0.401 e. The molecule has 0 aliphatic carbocycles. The standard InChI is InChI=1S/C10H8N4O4S/c15-8-6-13(10(19)12-8)11-5-1-2-7-3-4-9(18-7)14(16)17/h1-5H,6H2,(H,12,15,19)/b2-1+,11-5+. The second-order valence-electron chi connectivity index (χ2n) is 3.47. The Labute approximate surface area is 112 Å². The fourth-order valence-corrected chi connectivity index (χ4v) is 1.54. The van der Waals surface area contributed by atoms with Crippen molar-refractivity contribution in [2.75, 3.05) is 6.54 Å². The van der Waals surface area contributed by atoms with Crippen molar-refractivity contribution >= 4 is 41.4 Å². The Morgan fingerprint density at radius 1 is 1.58 bits per heavy atom. The highest BCUT2D eigenvalue weighted by molar-refractivity contribution is 7.80. The lowest BCUT2D eigenvalue weighted by molar-refractivity contribution is -0.402. The van der Waals surface area contributed by atoms with E-state index in [0.717, 1.165) is 0 Å². The third-order valence-corrected chi connectivity index (χ3v) is 2.43. The van der Waals surface area contributed by atoms with Crippen molar-refractivity contribution in [1.82, 2.24) is 10.3 Å². The minimum absolute atomic E-state index is 0.0788. The van der Waals surface area contributed by atoms with Crippen molar-refractivity contribution < 1.29 is 14.1 Å². The van der Waals surface area contributed by atoms with Gasteiger partial charge in [0.25, 0.3) is 0 Å². The number of nitrogens with zero attached hydrogens (tertiary/aromatic N) is 3. The monoisotopic (exact) mass is 280 g/mol. The van der Waals surface area contributed by atoms with Crippen LogP contribution in [0.5, 0.6) is 0 Å². The number of hydrazone groups is 1. The molecule has 1 aliphatic heterocycles. The molecule has 2 heterocycles. The van der Waals surface area contributed by atoms with E-state index in [9.17, 15) is 14.9 Å². The lowest BCUT2D eigenvalue weighted by Crippen LogP contribution is -2.23. The maximum atomic E-state index is 11.0. The molecule has 98 valence electrons. The number of furan rings is 1. The molecule has 9 heteroatoms. The Hall–Kier alpha value is -2.55. The predicted octanol–water partition coefficient (Wildman–Crippen LogP) is 0.903. The van der Waals surface area contributed by atoms with Gasteiger partial charge in [-0.25, -0.2) is 5.01 Å². The summed E-state index contributed by atoms with van der Waals surface area (Å²) < 4.78 is 4.90.